The molecule has 0 heterocycles. The molecule has 0 aromatic heterocycles. The van der Waals surface area contributed by atoms with Gasteiger partial charge in [0.1, 0.15) is 0 Å². The second-order valence-electron chi connectivity index (χ2n) is 4.99. The number of urea groups is 1. The van der Waals surface area contributed by atoms with E-state index in [2.05, 4.69) is 0 Å². The summed E-state index contributed by atoms with van der Waals surface area (Å²) in [5.41, 5.74) is 2.05. The number of nitrogens with two attached hydrogens (primary N) is 1. The molecule has 0 aliphatic heterocycles. The number of anilines is 2. The molecule has 2 rings (SSSR count). The monoisotopic (exact) mass is 369 g/mol. The van der Waals surface area contributed by atoms with Gasteiger partial charge in [-0.1, -0.05) is 6.07 Å². The summed E-state index contributed by atoms with van der Waals surface area (Å²) in [5.74, 6) is -1.55. The molecule has 26 heavy (non-hydrogen) atoms. The van der Waals surface area contributed by atoms with Gasteiger partial charge in [0.05, 0.1) is 27.4 Å². The highest BCUT2D eigenvalue weighted by atomic mass is 19.4. The lowest BCUT2D eigenvalue weighted by Gasteiger charge is -2.23. The number of benzene rings is 2. The Hall–Kier alpha value is -3.63. The minimum absolute atomic E-state index is 0.393. The van der Waals surface area contributed by atoms with Crippen LogP contribution < -0.4 is 10.6 Å². The van der Waals surface area contributed by atoms with Crippen LogP contribution in [0.25, 0.3) is 0 Å². The lowest BCUT2D eigenvalue weighted by molar-refractivity contribution is -0.384. The Labute approximate surface area is 143 Å². The average molecular weight is 369 g/mol. The number of carbonyl (C=O) groups excluding carboxylic acids is 1. The summed E-state index contributed by atoms with van der Waals surface area (Å²) in [6.07, 6.45) is -4.72. The number of rotatable bonds is 4. The standard InChI is InChI=1S/C15H10F3N3O5/c16-15(17,18)8-2-1-3-9(6-8)20(14(19)24)12-7-10(21(25)26)4-5-11(12)13(22)23/h1-7H,(H2,19,24)(H,22,23). The molecule has 3 N–H and O–H groups in total. The quantitative estimate of drug-likeness (QED) is 0.630. The molecule has 0 atom stereocenters. The van der Waals surface area contributed by atoms with E-state index in [1.165, 1.54) is 0 Å². The van der Waals surface area contributed by atoms with Crippen molar-refractivity contribution in [2.45, 2.75) is 6.18 Å². The summed E-state index contributed by atoms with van der Waals surface area (Å²) in [7, 11) is 0. The highest BCUT2D eigenvalue weighted by Gasteiger charge is 2.32. The normalized spacial score (nSPS) is 11.0. The fourth-order valence-electron chi connectivity index (χ4n) is 2.21. The molecule has 0 radical (unpaired) electrons. The van der Waals surface area contributed by atoms with Crippen molar-refractivity contribution in [3.8, 4) is 0 Å². The number of hydrogen-bond donors (Lipinski definition) is 2. The maximum Gasteiger partial charge on any atom is 0.416 e. The van der Waals surface area contributed by atoms with E-state index in [4.69, 9.17) is 5.73 Å². The smallest absolute Gasteiger partial charge is 0.416 e. The van der Waals surface area contributed by atoms with Gasteiger partial charge in [-0.3, -0.25) is 15.0 Å². The second kappa shape index (κ2) is 6.70. The summed E-state index contributed by atoms with van der Waals surface area (Å²) in [4.78, 5) is 33.7. The topological polar surface area (TPSA) is 127 Å². The molecule has 2 aromatic rings. The van der Waals surface area contributed by atoms with Gasteiger partial charge >= 0.3 is 18.2 Å². The van der Waals surface area contributed by atoms with Crippen LogP contribution >= 0.6 is 0 Å². The number of carboxylic acid groups (broad SMARTS) is 1. The Morgan fingerprint density at radius 1 is 1.15 bits per heavy atom. The van der Waals surface area contributed by atoms with Gasteiger partial charge in [0, 0.05) is 12.1 Å². The molecule has 136 valence electrons. The van der Waals surface area contributed by atoms with Crippen molar-refractivity contribution < 1.29 is 32.8 Å². The van der Waals surface area contributed by atoms with Gasteiger partial charge in [-0.15, -0.1) is 0 Å². The van der Waals surface area contributed by atoms with Gasteiger partial charge in [0.15, 0.2) is 0 Å². The third kappa shape index (κ3) is 3.71. The Kier molecular flexibility index (Phi) is 4.82. The van der Waals surface area contributed by atoms with Gasteiger partial charge in [0.2, 0.25) is 0 Å². The van der Waals surface area contributed by atoms with Crippen LogP contribution in [0.5, 0.6) is 0 Å². The molecule has 0 bridgehead atoms. The van der Waals surface area contributed by atoms with Crippen molar-refractivity contribution in [2.24, 2.45) is 5.73 Å². The number of nitro benzene ring substituents is 1. The molecule has 0 fully saturated rings. The van der Waals surface area contributed by atoms with Gasteiger partial charge in [0.25, 0.3) is 5.69 Å². The molecule has 2 aromatic carbocycles. The predicted molar refractivity (Wildman–Crippen MR) is 83.2 cm³/mol. The Morgan fingerprint density at radius 2 is 1.81 bits per heavy atom. The fraction of sp³-hybridized carbons (Fsp3) is 0.0667. The SMILES string of the molecule is NC(=O)N(c1cccc(C(F)(F)F)c1)c1cc([N+](=O)[O-])ccc1C(=O)O. The number of alkyl halides is 3. The van der Waals surface area contributed by atoms with E-state index in [0.29, 0.717) is 11.0 Å². The van der Waals surface area contributed by atoms with E-state index in [9.17, 15) is 38.0 Å². The van der Waals surface area contributed by atoms with Gasteiger partial charge in [-0.2, -0.15) is 13.2 Å². The number of carboxylic acids is 1. The largest absolute Gasteiger partial charge is 0.478 e. The van der Waals surface area contributed by atoms with Crippen molar-refractivity contribution in [1.82, 2.24) is 0 Å². The average Bonchev–Trinajstić information content (AvgIpc) is 2.53. The lowest BCUT2D eigenvalue weighted by atomic mass is 10.1. The van der Waals surface area contributed by atoms with Crippen LogP contribution in [-0.2, 0) is 6.18 Å². The molecule has 0 aliphatic rings. The molecular formula is C15H10F3N3O5. The first-order valence-electron chi connectivity index (χ1n) is 6.81. The molecular weight excluding hydrogens is 359 g/mol. The summed E-state index contributed by atoms with van der Waals surface area (Å²) >= 11 is 0. The van der Waals surface area contributed by atoms with Crippen LogP contribution in [0.1, 0.15) is 15.9 Å². The molecule has 0 saturated heterocycles. The van der Waals surface area contributed by atoms with E-state index in [1.54, 1.807) is 0 Å². The third-order valence-electron chi connectivity index (χ3n) is 3.32. The van der Waals surface area contributed by atoms with Gasteiger partial charge in [-0.05, 0) is 24.3 Å². The summed E-state index contributed by atoms with van der Waals surface area (Å²) in [6.45, 7) is 0. The molecule has 0 unspecified atom stereocenters. The van der Waals surface area contributed by atoms with Crippen LogP contribution in [0.2, 0.25) is 0 Å². The number of non-ortho nitro benzene ring substituents is 1. The number of hydrogen-bond acceptors (Lipinski definition) is 4. The second-order valence-corrected chi connectivity index (χ2v) is 4.99. The maximum atomic E-state index is 12.9. The number of halogens is 3. The van der Waals surface area contributed by atoms with Crippen LogP contribution in [0, 0.1) is 10.1 Å². The summed E-state index contributed by atoms with van der Waals surface area (Å²) < 4.78 is 38.7. The molecule has 0 aliphatic carbocycles. The van der Waals surface area contributed by atoms with Gasteiger partial charge < -0.3 is 10.8 Å². The Morgan fingerprint density at radius 3 is 2.31 bits per heavy atom. The first kappa shape index (κ1) is 18.7. The summed E-state index contributed by atoms with van der Waals surface area (Å²) in [5, 5.41) is 20.2. The zero-order chi connectivity index (χ0) is 19.6. The zero-order valence-electron chi connectivity index (χ0n) is 12.7. The van der Waals surface area contributed by atoms with E-state index < -0.39 is 51.3 Å². The zero-order valence-corrected chi connectivity index (χ0v) is 12.7. The number of amides is 2. The lowest BCUT2D eigenvalue weighted by Crippen LogP contribution is -2.33. The number of nitro groups is 1. The highest BCUT2D eigenvalue weighted by molar-refractivity contribution is 6.05. The molecule has 0 saturated carbocycles. The van der Waals surface area contributed by atoms with Crippen molar-refractivity contribution in [3.05, 3.63) is 63.7 Å². The Bertz CT molecular complexity index is 898. The number of nitrogens with zero attached hydrogens (tertiary/aromatic N) is 2. The van der Waals surface area contributed by atoms with Crippen molar-refractivity contribution >= 4 is 29.1 Å². The van der Waals surface area contributed by atoms with Crippen molar-refractivity contribution in [3.63, 3.8) is 0 Å². The summed E-state index contributed by atoms with van der Waals surface area (Å²) in [6, 6.07) is 4.58. The van der Waals surface area contributed by atoms with E-state index in [-0.39, 0.29) is 0 Å². The maximum absolute atomic E-state index is 12.9. The minimum atomic E-state index is -4.72. The van der Waals surface area contributed by atoms with Gasteiger partial charge in [-0.25, -0.2) is 9.59 Å². The van der Waals surface area contributed by atoms with E-state index >= 15 is 0 Å². The minimum Gasteiger partial charge on any atom is -0.478 e. The van der Waals surface area contributed by atoms with Crippen LogP contribution in [0.3, 0.4) is 0 Å². The first-order valence-corrected chi connectivity index (χ1v) is 6.81. The van der Waals surface area contributed by atoms with Crippen molar-refractivity contribution in [2.75, 3.05) is 4.90 Å². The van der Waals surface area contributed by atoms with E-state index in [0.717, 1.165) is 36.4 Å². The van der Waals surface area contributed by atoms with E-state index in [1.807, 2.05) is 0 Å². The molecule has 2 amide bonds. The number of primary amides is 1. The third-order valence-corrected chi connectivity index (χ3v) is 3.32. The highest BCUT2D eigenvalue weighted by Crippen LogP contribution is 2.36. The van der Waals surface area contributed by atoms with Crippen LogP contribution in [0.15, 0.2) is 42.5 Å². The fourth-order valence-corrected chi connectivity index (χ4v) is 2.21. The number of aromatic carboxylic acids is 1. The number of carbonyl (C=O) groups is 2. The molecule has 8 nitrogen and oxygen atoms in total. The Balaban J connectivity index is 2.72. The first-order chi connectivity index (χ1) is 12.0. The molecule has 0 spiro atoms. The molecule has 11 heteroatoms. The van der Waals surface area contributed by atoms with Crippen molar-refractivity contribution in [1.29, 1.82) is 0 Å². The van der Waals surface area contributed by atoms with Crippen LogP contribution in [0.4, 0.5) is 35.0 Å². The van der Waals surface area contributed by atoms with Crippen LogP contribution in [-0.4, -0.2) is 22.0 Å². The predicted octanol–water partition coefficient (Wildman–Crippen LogP) is 3.53.